The molecule has 1 aromatic heterocycles. The largest absolute Gasteiger partial charge is 0.351 e. The average Bonchev–Trinajstić information content (AvgIpc) is 3.09. The molecule has 2 saturated heterocycles. The molecule has 20 heavy (non-hydrogen) atoms. The summed E-state index contributed by atoms with van der Waals surface area (Å²) in [5.41, 5.74) is 0.758. The number of hydrogen-bond donors (Lipinski definition) is 1. The van der Waals surface area contributed by atoms with E-state index in [0.29, 0.717) is 11.8 Å². The first-order valence-corrected chi connectivity index (χ1v) is 7.20. The summed E-state index contributed by atoms with van der Waals surface area (Å²) in [7, 11) is 0. The van der Waals surface area contributed by atoms with Crippen LogP contribution in [0.3, 0.4) is 0 Å². The number of piperidine rings is 1. The lowest BCUT2D eigenvalue weighted by Gasteiger charge is -2.34. The molecule has 3 heterocycles. The van der Waals surface area contributed by atoms with Crippen LogP contribution in [-0.4, -0.2) is 41.6 Å². The second kappa shape index (κ2) is 6.59. The maximum atomic E-state index is 12.2. The van der Waals surface area contributed by atoms with Gasteiger partial charge in [-0.3, -0.25) is 4.79 Å². The van der Waals surface area contributed by atoms with Crippen molar-refractivity contribution < 1.29 is 9.32 Å². The van der Waals surface area contributed by atoms with Gasteiger partial charge in [0.2, 0.25) is 5.76 Å². The van der Waals surface area contributed by atoms with E-state index in [1.54, 1.807) is 6.07 Å². The van der Waals surface area contributed by atoms with E-state index in [0.717, 1.165) is 44.1 Å². The predicted molar refractivity (Wildman–Crippen MR) is 78.1 cm³/mol. The lowest BCUT2D eigenvalue weighted by atomic mass is 9.88. The summed E-state index contributed by atoms with van der Waals surface area (Å²) in [6.07, 6.45) is 4.77. The highest BCUT2D eigenvalue weighted by molar-refractivity contribution is 5.91. The molecule has 5 nitrogen and oxygen atoms in total. The molecule has 0 saturated carbocycles. The summed E-state index contributed by atoms with van der Waals surface area (Å²) in [6, 6.07) is 2.39. The lowest BCUT2D eigenvalue weighted by molar-refractivity contribution is 0.0633. The van der Waals surface area contributed by atoms with Crippen molar-refractivity contribution >= 4 is 18.3 Å². The van der Waals surface area contributed by atoms with Crippen LogP contribution in [0.5, 0.6) is 0 Å². The molecule has 2 aliphatic rings. The van der Waals surface area contributed by atoms with E-state index >= 15 is 0 Å². The number of aromatic nitrogens is 1. The minimum atomic E-state index is -0.0153. The molecular weight excluding hydrogens is 278 g/mol. The van der Waals surface area contributed by atoms with Crippen LogP contribution in [0.1, 0.15) is 41.9 Å². The topological polar surface area (TPSA) is 58.4 Å². The highest BCUT2D eigenvalue weighted by atomic mass is 35.5. The number of carbonyl (C=O) groups excluding carboxylic acids is 1. The molecular formula is C14H22ClN3O2. The summed E-state index contributed by atoms with van der Waals surface area (Å²) in [6.45, 7) is 4.66. The Balaban J connectivity index is 0.00000147. The van der Waals surface area contributed by atoms with E-state index in [4.69, 9.17) is 4.52 Å². The van der Waals surface area contributed by atoms with Crippen molar-refractivity contribution in [3.05, 3.63) is 17.5 Å². The summed E-state index contributed by atoms with van der Waals surface area (Å²) in [4.78, 5) is 14.1. The van der Waals surface area contributed by atoms with Crippen LogP contribution in [0.15, 0.2) is 10.6 Å². The second-order valence-electron chi connectivity index (χ2n) is 5.67. The quantitative estimate of drug-likeness (QED) is 0.907. The fourth-order valence-corrected chi connectivity index (χ4v) is 3.24. The van der Waals surface area contributed by atoms with Gasteiger partial charge in [0.1, 0.15) is 0 Å². The van der Waals surface area contributed by atoms with Crippen molar-refractivity contribution in [2.75, 3.05) is 19.6 Å². The van der Waals surface area contributed by atoms with E-state index in [2.05, 4.69) is 10.5 Å². The number of amides is 1. The molecule has 2 fully saturated rings. The van der Waals surface area contributed by atoms with Crippen molar-refractivity contribution in [1.82, 2.24) is 15.4 Å². The molecule has 0 spiro atoms. The van der Waals surface area contributed by atoms with E-state index in [1.165, 1.54) is 12.8 Å². The van der Waals surface area contributed by atoms with Gasteiger partial charge in [-0.1, -0.05) is 5.16 Å². The Morgan fingerprint density at radius 3 is 2.70 bits per heavy atom. The molecule has 0 radical (unpaired) electrons. The van der Waals surface area contributed by atoms with Gasteiger partial charge >= 0.3 is 0 Å². The molecule has 0 bridgehead atoms. The maximum absolute atomic E-state index is 12.2. The van der Waals surface area contributed by atoms with Crippen LogP contribution >= 0.6 is 12.4 Å². The average molecular weight is 300 g/mol. The molecule has 112 valence electrons. The number of aryl methyl sites for hydroxylation is 1. The number of nitrogens with zero attached hydrogens (tertiary/aromatic N) is 2. The molecule has 2 aliphatic heterocycles. The van der Waals surface area contributed by atoms with Crippen LogP contribution in [0, 0.1) is 12.8 Å². The summed E-state index contributed by atoms with van der Waals surface area (Å²) in [5.74, 6) is 1.08. The third-order valence-corrected chi connectivity index (χ3v) is 4.33. The Hall–Kier alpha value is -1.07. The van der Waals surface area contributed by atoms with Gasteiger partial charge in [0.05, 0.1) is 5.69 Å². The van der Waals surface area contributed by atoms with Crippen LogP contribution in [0.25, 0.3) is 0 Å². The lowest BCUT2D eigenvalue weighted by Crippen LogP contribution is -2.43. The van der Waals surface area contributed by atoms with Crippen LogP contribution < -0.4 is 5.32 Å². The van der Waals surface area contributed by atoms with Gasteiger partial charge in [-0.25, -0.2) is 0 Å². The third kappa shape index (κ3) is 3.15. The van der Waals surface area contributed by atoms with E-state index < -0.39 is 0 Å². The van der Waals surface area contributed by atoms with Crippen LogP contribution in [0.4, 0.5) is 0 Å². The fourth-order valence-electron chi connectivity index (χ4n) is 3.24. The first kappa shape index (κ1) is 15.3. The summed E-state index contributed by atoms with van der Waals surface area (Å²) in [5, 5.41) is 7.35. The fraction of sp³-hybridized carbons (Fsp3) is 0.714. The minimum absolute atomic E-state index is 0. The Kier molecular flexibility index (Phi) is 5.05. The molecule has 3 rings (SSSR count). The highest BCUT2D eigenvalue weighted by Gasteiger charge is 2.31. The van der Waals surface area contributed by atoms with Crippen molar-refractivity contribution in [2.45, 2.75) is 38.6 Å². The number of hydrogen-bond acceptors (Lipinski definition) is 4. The number of likely N-dealkylation sites (tertiary alicyclic amines) is 1. The van der Waals surface area contributed by atoms with Gasteiger partial charge in [0.25, 0.3) is 5.91 Å². The first-order chi connectivity index (χ1) is 9.24. The maximum Gasteiger partial charge on any atom is 0.292 e. The number of halogens is 1. The van der Waals surface area contributed by atoms with Crippen molar-refractivity contribution in [1.29, 1.82) is 0 Å². The van der Waals surface area contributed by atoms with Gasteiger partial charge < -0.3 is 14.7 Å². The predicted octanol–water partition coefficient (Wildman–Crippen LogP) is 2.01. The van der Waals surface area contributed by atoms with Gasteiger partial charge in [-0.2, -0.15) is 0 Å². The van der Waals surface area contributed by atoms with Gasteiger partial charge in [0, 0.05) is 25.2 Å². The van der Waals surface area contributed by atoms with Crippen molar-refractivity contribution in [2.24, 2.45) is 5.92 Å². The first-order valence-electron chi connectivity index (χ1n) is 7.20. The minimum Gasteiger partial charge on any atom is -0.351 e. The number of rotatable bonds is 2. The van der Waals surface area contributed by atoms with Crippen LogP contribution in [-0.2, 0) is 0 Å². The van der Waals surface area contributed by atoms with E-state index in [1.807, 2.05) is 11.8 Å². The SMILES string of the molecule is Cc1cc(C(=O)N2CCC(C3CCCN3)CC2)on1.Cl. The number of nitrogens with one attached hydrogen (secondary N) is 1. The molecule has 0 aliphatic carbocycles. The Labute approximate surface area is 125 Å². The Morgan fingerprint density at radius 1 is 1.40 bits per heavy atom. The van der Waals surface area contributed by atoms with Gasteiger partial charge in [-0.15, -0.1) is 12.4 Å². The smallest absolute Gasteiger partial charge is 0.292 e. The normalized spacial score (nSPS) is 23.6. The zero-order valence-electron chi connectivity index (χ0n) is 11.8. The summed E-state index contributed by atoms with van der Waals surface area (Å²) >= 11 is 0. The molecule has 1 N–H and O–H groups in total. The molecule has 1 unspecified atom stereocenters. The van der Waals surface area contributed by atoms with Crippen molar-refractivity contribution in [3.63, 3.8) is 0 Å². The number of carbonyl (C=O) groups is 1. The van der Waals surface area contributed by atoms with Crippen LogP contribution in [0.2, 0.25) is 0 Å². The molecule has 0 aromatic carbocycles. The third-order valence-electron chi connectivity index (χ3n) is 4.33. The standard InChI is InChI=1S/C14H21N3O2.ClH/c1-10-9-13(19-16-10)14(18)17-7-4-11(5-8-17)12-3-2-6-15-12;/h9,11-12,15H,2-8H2,1H3;1H. The van der Waals surface area contributed by atoms with Crippen molar-refractivity contribution in [3.8, 4) is 0 Å². The second-order valence-corrected chi connectivity index (χ2v) is 5.67. The molecule has 1 aromatic rings. The Morgan fingerprint density at radius 2 is 2.15 bits per heavy atom. The summed E-state index contributed by atoms with van der Waals surface area (Å²) < 4.78 is 5.05. The van der Waals surface area contributed by atoms with E-state index in [9.17, 15) is 4.79 Å². The zero-order valence-corrected chi connectivity index (χ0v) is 12.6. The van der Waals surface area contributed by atoms with E-state index in [-0.39, 0.29) is 18.3 Å². The van der Waals surface area contributed by atoms with Gasteiger partial charge in [-0.05, 0) is 45.1 Å². The molecule has 1 atom stereocenters. The molecule has 6 heteroatoms. The Bertz CT molecular complexity index is 449. The highest BCUT2D eigenvalue weighted by Crippen LogP contribution is 2.26. The van der Waals surface area contributed by atoms with Gasteiger partial charge in [0.15, 0.2) is 0 Å². The molecule has 1 amide bonds. The monoisotopic (exact) mass is 299 g/mol. The zero-order chi connectivity index (χ0) is 13.2.